The molecule has 4 aliphatic rings. The average Bonchev–Trinajstić information content (AvgIpc) is 3.60. The highest BCUT2D eigenvalue weighted by Gasteiger charge is 2.78. The summed E-state index contributed by atoms with van der Waals surface area (Å²) in [4.78, 5) is 51.3. The van der Waals surface area contributed by atoms with Gasteiger partial charge in [0.1, 0.15) is 12.8 Å². The zero-order valence-corrected chi connectivity index (χ0v) is 26.3. The number of fused-ring (bicyclic) bond motifs is 5. The molecule has 45 heavy (non-hydrogen) atoms. The fraction of sp³-hybridized carbons (Fsp3) is 0.576. The number of thioether (sulfide) groups is 1. The van der Waals surface area contributed by atoms with Crippen molar-refractivity contribution < 1.29 is 51.7 Å². The van der Waals surface area contributed by atoms with Crippen molar-refractivity contribution in [2.24, 2.45) is 28.6 Å². The molecule has 0 amide bonds. The molecule has 12 heteroatoms. The highest BCUT2D eigenvalue weighted by molar-refractivity contribution is 8.14. The van der Waals surface area contributed by atoms with Gasteiger partial charge in [-0.05, 0) is 62.0 Å². The Bertz CT molecular complexity index is 1490. The highest BCUT2D eigenvalue weighted by Crippen LogP contribution is 2.72. The lowest BCUT2D eigenvalue weighted by atomic mass is 9.44. The second-order valence-electron chi connectivity index (χ2n) is 12.6. The van der Waals surface area contributed by atoms with Crippen LogP contribution in [0, 0.1) is 40.4 Å². The molecule has 3 saturated carbocycles. The van der Waals surface area contributed by atoms with Crippen LogP contribution in [0.4, 0.5) is 8.78 Å². The van der Waals surface area contributed by atoms with E-state index >= 15 is 8.78 Å². The minimum atomic E-state index is -2.36. The summed E-state index contributed by atoms with van der Waals surface area (Å²) in [6.45, 7) is 4.49. The van der Waals surface area contributed by atoms with Gasteiger partial charge in [-0.1, -0.05) is 43.5 Å². The molecule has 0 saturated heterocycles. The average molecular weight is 647 g/mol. The van der Waals surface area contributed by atoms with E-state index in [4.69, 9.17) is 13.9 Å². The van der Waals surface area contributed by atoms with E-state index in [-0.39, 0.29) is 49.6 Å². The summed E-state index contributed by atoms with van der Waals surface area (Å²) in [6, 6.07) is 2.89. The molecule has 1 aromatic heterocycles. The lowest BCUT2D eigenvalue weighted by molar-refractivity contribution is -0.221. The van der Waals surface area contributed by atoms with Crippen molar-refractivity contribution in [1.82, 2.24) is 0 Å². The molecule has 4 aliphatic carbocycles. The predicted molar refractivity (Wildman–Crippen MR) is 158 cm³/mol. The Morgan fingerprint density at radius 3 is 2.64 bits per heavy atom. The maximum atomic E-state index is 17.6. The van der Waals surface area contributed by atoms with Gasteiger partial charge in [0.15, 0.2) is 23.7 Å². The quantitative estimate of drug-likeness (QED) is 0.340. The summed E-state index contributed by atoms with van der Waals surface area (Å²) in [5, 5.41) is 11.2. The molecule has 9 nitrogen and oxygen atoms in total. The first-order valence-electron chi connectivity index (χ1n) is 14.8. The molecule has 0 spiro atoms. The van der Waals surface area contributed by atoms with Gasteiger partial charge < -0.3 is 23.7 Å². The van der Waals surface area contributed by atoms with Crippen LogP contribution in [0.3, 0.4) is 0 Å². The van der Waals surface area contributed by atoms with E-state index in [1.54, 1.807) is 13.8 Å². The zero-order valence-electron chi connectivity index (χ0n) is 25.5. The van der Waals surface area contributed by atoms with Crippen molar-refractivity contribution in [3.63, 3.8) is 0 Å². The van der Waals surface area contributed by atoms with Gasteiger partial charge in [-0.3, -0.25) is 9.59 Å². The Morgan fingerprint density at radius 1 is 1.20 bits per heavy atom. The first-order valence-corrected chi connectivity index (χ1v) is 15.8. The van der Waals surface area contributed by atoms with Crippen LogP contribution in [0.2, 0.25) is 0 Å². The van der Waals surface area contributed by atoms with Crippen LogP contribution in [0.1, 0.15) is 50.6 Å². The van der Waals surface area contributed by atoms with Gasteiger partial charge in [0.25, 0.3) is 0 Å². The molecule has 0 aliphatic heterocycles. The third-order valence-corrected chi connectivity index (χ3v) is 11.3. The number of hydrogen-bond acceptors (Lipinski definition) is 10. The topological polar surface area (TPSA) is 129 Å². The summed E-state index contributed by atoms with van der Waals surface area (Å²) < 4.78 is 54.5. The number of furan rings is 1. The number of halogens is 2. The maximum absolute atomic E-state index is 17.6. The lowest BCUT2D eigenvalue weighted by Gasteiger charge is -2.63. The standard InChI is InChI=1S/C33H36F2O9S/c1-19-14-21-22-16-24(34)23-15-20(36)9-10-30(23,2)32(22,35)26(37)17-31(21,3)33(19,44-28(39)25-8-7-12-42-25)29(40)45-13-6-5-11-43-27(38)18-41-4/h7-10,12,15,19,21-22,24,26,37H,11,13-14,16-18H2,1-4H3/t19-,21+,22+,24+,26?,30+,31+,32+,33+/m1/s1. The van der Waals surface area contributed by atoms with Gasteiger partial charge in [-0.15, -0.1) is 0 Å². The maximum Gasteiger partial charge on any atom is 0.375 e. The van der Waals surface area contributed by atoms with E-state index in [1.165, 1.54) is 44.6 Å². The highest BCUT2D eigenvalue weighted by atomic mass is 32.2. The molecule has 1 N–H and O–H groups in total. The van der Waals surface area contributed by atoms with Crippen molar-refractivity contribution in [3.8, 4) is 11.8 Å². The third kappa shape index (κ3) is 5.07. The first kappa shape index (κ1) is 33.1. The molecule has 1 aromatic rings. The van der Waals surface area contributed by atoms with Crippen LogP contribution in [0.15, 0.2) is 46.6 Å². The number of rotatable bonds is 7. The molecule has 9 atom stereocenters. The smallest absolute Gasteiger partial charge is 0.375 e. The van der Waals surface area contributed by atoms with E-state index < -0.39 is 75.0 Å². The van der Waals surface area contributed by atoms with E-state index in [1.807, 2.05) is 0 Å². The number of allylic oxidation sites excluding steroid dienone is 4. The number of carbonyl (C=O) groups excluding carboxylic acids is 4. The lowest BCUT2D eigenvalue weighted by Crippen LogP contribution is -2.70. The Hall–Kier alpha value is -3.27. The van der Waals surface area contributed by atoms with Gasteiger partial charge in [-0.25, -0.2) is 18.4 Å². The third-order valence-electron chi connectivity index (χ3n) is 10.4. The minimum Gasteiger partial charge on any atom is -0.457 e. The first-order chi connectivity index (χ1) is 21.3. The van der Waals surface area contributed by atoms with E-state index in [9.17, 15) is 24.3 Å². The van der Waals surface area contributed by atoms with E-state index in [0.29, 0.717) is 0 Å². The normalized spacial score (nSPS) is 38.2. The summed E-state index contributed by atoms with van der Waals surface area (Å²) in [7, 11) is 1.35. The molecule has 3 fully saturated rings. The molecular formula is C33H36F2O9S. The van der Waals surface area contributed by atoms with Crippen LogP contribution in [-0.2, 0) is 28.6 Å². The number of methoxy groups -OCH3 is 1. The zero-order chi connectivity index (χ0) is 32.8. The van der Waals surface area contributed by atoms with Gasteiger partial charge in [-0.2, -0.15) is 0 Å². The number of ether oxygens (including phenoxy) is 3. The number of hydrogen-bond donors (Lipinski definition) is 1. The molecular weight excluding hydrogens is 610 g/mol. The Morgan fingerprint density at radius 2 is 1.96 bits per heavy atom. The van der Waals surface area contributed by atoms with Crippen molar-refractivity contribution >= 4 is 34.6 Å². The van der Waals surface area contributed by atoms with Crippen LogP contribution >= 0.6 is 11.8 Å². The predicted octanol–water partition coefficient (Wildman–Crippen LogP) is 4.19. The summed E-state index contributed by atoms with van der Waals surface area (Å²) in [5.41, 5.74) is -7.12. The monoisotopic (exact) mass is 646 g/mol. The minimum absolute atomic E-state index is 0.00364. The van der Waals surface area contributed by atoms with Crippen LogP contribution < -0.4 is 0 Å². The van der Waals surface area contributed by atoms with Gasteiger partial charge in [0.2, 0.25) is 10.9 Å². The SMILES string of the molecule is COCC(=O)OCC#CCSC(=O)[C@@]1(OC(=O)c2ccco2)[C@H](C)C[C@H]2[C@@H]3C[C@H](F)C4=CC(=O)C=C[C@]4(C)[C@@]3(F)C(O)C[C@@]21C. The number of carbonyl (C=O) groups is 4. The number of esters is 2. The fourth-order valence-corrected chi connectivity index (χ4v) is 9.39. The number of ketones is 1. The van der Waals surface area contributed by atoms with Crippen molar-refractivity contribution in [2.45, 2.75) is 63.6 Å². The largest absolute Gasteiger partial charge is 0.457 e. The number of aliphatic hydroxyl groups excluding tert-OH is 1. The molecule has 0 aromatic carbocycles. The number of aliphatic hydroxyl groups is 1. The van der Waals surface area contributed by atoms with Crippen LogP contribution in [-0.4, -0.2) is 77.6 Å². The molecule has 0 radical (unpaired) electrons. The van der Waals surface area contributed by atoms with E-state index in [2.05, 4.69) is 16.6 Å². The Balaban J connectivity index is 1.50. The van der Waals surface area contributed by atoms with E-state index in [0.717, 1.165) is 17.8 Å². The fourth-order valence-electron chi connectivity index (χ4n) is 8.40. The van der Waals surface area contributed by atoms with Gasteiger partial charge in [0.05, 0.1) is 18.1 Å². The van der Waals surface area contributed by atoms with Crippen molar-refractivity contribution in [2.75, 3.05) is 26.1 Å². The Labute approximate surface area is 264 Å². The Kier molecular flexibility index (Phi) is 8.94. The van der Waals surface area contributed by atoms with Crippen molar-refractivity contribution in [1.29, 1.82) is 0 Å². The van der Waals surface area contributed by atoms with Crippen molar-refractivity contribution in [3.05, 3.63) is 48.0 Å². The summed E-state index contributed by atoms with van der Waals surface area (Å²) >= 11 is 0.794. The van der Waals surface area contributed by atoms with Crippen LogP contribution in [0.25, 0.3) is 0 Å². The van der Waals surface area contributed by atoms with Crippen LogP contribution in [0.5, 0.6) is 0 Å². The molecule has 1 unspecified atom stereocenters. The second-order valence-corrected chi connectivity index (χ2v) is 13.6. The molecule has 1 heterocycles. The molecule has 0 bridgehead atoms. The van der Waals surface area contributed by atoms with Gasteiger partial charge >= 0.3 is 11.9 Å². The number of alkyl halides is 2. The second kappa shape index (κ2) is 12.2. The van der Waals surface area contributed by atoms with Gasteiger partial charge in [0, 0.05) is 29.8 Å². The molecule has 242 valence electrons. The molecule has 5 rings (SSSR count). The summed E-state index contributed by atoms with van der Waals surface area (Å²) in [5.74, 6) is 0.894. The summed E-state index contributed by atoms with van der Waals surface area (Å²) in [6.07, 6.45) is 1.26.